The van der Waals surface area contributed by atoms with E-state index in [9.17, 15) is 14.0 Å². The van der Waals surface area contributed by atoms with Crippen LogP contribution in [0.5, 0.6) is 0 Å². The van der Waals surface area contributed by atoms with E-state index in [0.29, 0.717) is 27.7 Å². The van der Waals surface area contributed by atoms with Gasteiger partial charge in [-0.2, -0.15) is 0 Å². The van der Waals surface area contributed by atoms with E-state index in [0.717, 1.165) is 0 Å². The molecule has 4 nitrogen and oxygen atoms in total. The smallest absolute Gasteiger partial charge is 0.240 e. The number of amides is 2. The van der Waals surface area contributed by atoms with E-state index in [1.54, 1.807) is 36.4 Å². The molecule has 0 saturated carbocycles. The van der Waals surface area contributed by atoms with E-state index >= 15 is 0 Å². The maximum atomic E-state index is 13.5. The number of carbonyl (C=O) groups is 2. The molecule has 2 rings (SSSR count). The fourth-order valence-electron chi connectivity index (χ4n) is 2.32. The number of carbonyl (C=O) groups excluding carboxylic acids is 2. The quantitative estimate of drug-likeness (QED) is 0.824. The first kappa shape index (κ1) is 19.2. The van der Waals surface area contributed by atoms with Gasteiger partial charge in [-0.1, -0.05) is 41.4 Å². The number of hydrogen-bond donors (Lipinski definition) is 1. The van der Waals surface area contributed by atoms with Gasteiger partial charge in [0.15, 0.2) is 0 Å². The monoisotopic (exact) mass is 382 g/mol. The van der Waals surface area contributed by atoms with Gasteiger partial charge in [-0.15, -0.1) is 0 Å². The fraction of sp³-hybridized carbons (Fsp3) is 0.222. The highest BCUT2D eigenvalue weighted by atomic mass is 35.5. The van der Waals surface area contributed by atoms with Crippen LogP contribution in [0.15, 0.2) is 42.5 Å². The van der Waals surface area contributed by atoms with E-state index in [-0.39, 0.29) is 30.7 Å². The Kier molecular flexibility index (Phi) is 6.79. The summed E-state index contributed by atoms with van der Waals surface area (Å²) in [4.78, 5) is 25.2. The van der Waals surface area contributed by atoms with Crippen molar-refractivity contribution >= 4 is 40.7 Å². The highest BCUT2D eigenvalue weighted by Crippen LogP contribution is 2.25. The standard InChI is InChI=1S/C18H17Cl2FN2O2/c1-12(24)23(16-9-14(19)8-15(20)10-16)11-18(25)22-7-6-13-4-2-3-5-17(13)21/h2-5,8-10H,6-7,11H2,1H3,(H,22,25). The molecular formula is C18H17Cl2FN2O2. The van der Waals surface area contributed by atoms with Crippen LogP contribution < -0.4 is 10.2 Å². The molecule has 0 saturated heterocycles. The van der Waals surface area contributed by atoms with E-state index in [4.69, 9.17) is 23.2 Å². The third kappa shape index (κ3) is 5.73. The van der Waals surface area contributed by atoms with Crippen molar-refractivity contribution in [1.29, 1.82) is 0 Å². The van der Waals surface area contributed by atoms with Crippen LogP contribution in [-0.2, 0) is 16.0 Å². The summed E-state index contributed by atoms with van der Waals surface area (Å²) >= 11 is 11.9. The van der Waals surface area contributed by atoms with E-state index < -0.39 is 0 Å². The zero-order valence-electron chi connectivity index (χ0n) is 13.6. The molecule has 1 N–H and O–H groups in total. The largest absolute Gasteiger partial charge is 0.354 e. The van der Waals surface area contributed by atoms with Gasteiger partial charge in [0.1, 0.15) is 12.4 Å². The molecule has 0 aliphatic carbocycles. The van der Waals surface area contributed by atoms with Gasteiger partial charge in [0.2, 0.25) is 11.8 Å². The number of halogens is 3. The summed E-state index contributed by atoms with van der Waals surface area (Å²) < 4.78 is 13.5. The second kappa shape index (κ2) is 8.83. The van der Waals surface area contributed by atoms with Gasteiger partial charge in [0.25, 0.3) is 0 Å². The molecule has 7 heteroatoms. The average molecular weight is 383 g/mol. The first-order chi connectivity index (χ1) is 11.9. The molecule has 132 valence electrons. The SMILES string of the molecule is CC(=O)N(CC(=O)NCCc1ccccc1F)c1cc(Cl)cc(Cl)c1. The van der Waals surface area contributed by atoms with Crippen LogP contribution in [0, 0.1) is 5.82 Å². The Morgan fingerprint density at radius 1 is 1.12 bits per heavy atom. The summed E-state index contributed by atoms with van der Waals surface area (Å²) in [5, 5.41) is 3.42. The Hall–Kier alpha value is -2.11. The topological polar surface area (TPSA) is 49.4 Å². The zero-order chi connectivity index (χ0) is 18.4. The van der Waals surface area contributed by atoms with E-state index in [1.165, 1.54) is 17.9 Å². The molecule has 0 spiro atoms. The van der Waals surface area contributed by atoms with Crippen LogP contribution in [0.25, 0.3) is 0 Å². The third-order valence-electron chi connectivity index (χ3n) is 3.52. The zero-order valence-corrected chi connectivity index (χ0v) is 15.1. The van der Waals surface area contributed by atoms with Gasteiger partial charge in [-0.3, -0.25) is 9.59 Å². The van der Waals surface area contributed by atoms with Crippen molar-refractivity contribution in [3.8, 4) is 0 Å². The molecule has 2 amide bonds. The summed E-state index contributed by atoms with van der Waals surface area (Å²) in [6, 6.07) is 11.0. The number of rotatable bonds is 6. The first-order valence-corrected chi connectivity index (χ1v) is 8.36. The second-order valence-corrected chi connectivity index (χ2v) is 6.30. The molecule has 0 atom stereocenters. The fourth-order valence-corrected chi connectivity index (χ4v) is 2.83. The number of nitrogens with one attached hydrogen (secondary N) is 1. The van der Waals surface area contributed by atoms with Gasteiger partial charge in [0, 0.05) is 29.2 Å². The predicted molar refractivity (Wildman–Crippen MR) is 97.6 cm³/mol. The minimum atomic E-state index is -0.359. The van der Waals surface area contributed by atoms with Crippen LogP contribution in [0.3, 0.4) is 0 Å². The molecule has 0 unspecified atom stereocenters. The Bertz CT molecular complexity index is 763. The predicted octanol–water partition coefficient (Wildman–Crippen LogP) is 3.84. The van der Waals surface area contributed by atoms with Crippen LogP contribution in [0.4, 0.5) is 10.1 Å². The number of hydrogen-bond acceptors (Lipinski definition) is 2. The van der Waals surface area contributed by atoms with Crippen LogP contribution in [0.1, 0.15) is 12.5 Å². The number of benzene rings is 2. The molecule has 0 bridgehead atoms. The molecule has 2 aromatic rings. The molecule has 0 heterocycles. The van der Waals surface area contributed by atoms with Crippen molar-refractivity contribution < 1.29 is 14.0 Å². The Labute approximate surface area is 155 Å². The Balaban J connectivity index is 1.96. The number of anilines is 1. The van der Waals surface area contributed by atoms with Crippen LogP contribution in [-0.4, -0.2) is 24.9 Å². The van der Waals surface area contributed by atoms with Crippen molar-refractivity contribution in [2.24, 2.45) is 0 Å². The average Bonchev–Trinajstić information content (AvgIpc) is 2.53. The minimum absolute atomic E-state index is 0.177. The second-order valence-electron chi connectivity index (χ2n) is 5.42. The summed E-state index contributed by atoms with van der Waals surface area (Å²) in [7, 11) is 0. The van der Waals surface area contributed by atoms with E-state index in [1.807, 2.05) is 0 Å². The minimum Gasteiger partial charge on any atom is -0.354 e. The normalized spacial score (nSPS) is 10.4. The van der Waals surface area contributed by atoms with Gasteiger partial charge >= 0.3 is 0 Å². The molecule has 0 radical (unpaired) electrons. The molecular weight excluding hydrogens is 366 g/mol. The van der Waals surface area contributed by atoms with E-state index in [2.05, 4.69) is 5.32 Å². The highest BCUT2D eigenvalue weighted by Gasteiger charge is 2.16. The number of nitrogens with zero attached hydrogens (tertiary/aromatic N) is 1. The molecule has 2 aromatic carbocycles. The maximum absolute atomic E-state index is 13.5. The molecule has 0 fully saturated rings. The van der Waals surface area contributed by atoms with Crippen LogP contribution in [0.2, 0.25) is 10.0 Å². The molecule has 25 heavy (non-hydrogen) atoms. The lowest BCUT2D eigenvalue weighted by atomic mass is 10.1. The lowest BCUT2D eigenvalue weighted by Crippen LogP contribution is -2.40. The van der Waals surface area contributed by atoms with Gasteiger partial charge in [-0.05, 0) is 36.2 Å². The van der Waals surface area contributed by atoms with Gasteiger partial charge < -0.3 is 10.2 Å². The first-order valence-electron chi connectivity index (χ1n) is 7.61. The third-order valence-corrected chi connectivity index (χ3v) is 3.95. The maximum Gasteiger partial charge on any atom is 0.240 e. The van der Waals surface area contributed by atoms with Gasteiger partial charge in [0.05, 0.1) is 0 Å². The van der Waals surface area contributed by atoms with Crippen molar-refractivity contribution in [1.82, 2.24) is 5.32 Å². The summed E-state index contributed by atoms with van der Waals surface area (Å²) in [6.45, 7) is 1.44. The van der Waals surface area contributed by atoms with Crippen LogP contribution >= 0.6 is 23.2 Å². The van der Waals surface area contributed by atoms with Crippen molar-refractivity contribution in [3.05, 3.63) is 63.9 Å². The van der Waals surface area contributed by atoms with Crippen molar-refractivity contribution in [2.45, 2.75) is 13.3 Å². The Morgan fingerprint density at radius 3 is 2.36 bits per heavy atom. The molecule has 0 aliphatic rings. The molecule has 0 aliphatic heterocycles. The molecule has 0 aromatic heterocycles. The van der Waals surface area contributed by atoms with Crippen molar-refractivity contribution in [3.63, 3.8) is 0 Å². The lowest BCUT2D eigenvalue weighted by Gasteiger charge is -2.21. The van der Waals surface area contributed by atoms with Gasteiger partial charge in [-0.25, -0.2) is 4.39 Å². The summed E-state index contributed by atoms with van der Waals surface area (Å²) in [5.41, 5.74) is 0.960. The Morgan fingerprint density at radius 2 is 1.76 bits per heavy atom. The summed E-state index contributed by atoms with van der Waals surface area (Å²) in [6.07, 6.45) is 0.363. The summed E-state index contributed by atoms with van der Waals surface area (Å²) in [5.74, 6) is -0.985. The highest BCUT2D eigenvalue weighted by molar-refractivity contribution is 6.35. The van der Waals surface area contributed by atoms with Crippen molar-refractivity contribution in [2.75, 3.05) is 18.0 Å². The lowest BCUT2D eigenvalue weighted by molar-refractivity contribution is -0.123.